The summed E-state index contributed by atoms with van der Waals surface area (Å²) in [5.41, 5.74) is 0. The van der Waals surface area contributed by atoms with Crippen molar-refractivity contribution in [3.05, 3.63) is 0 Å². The molecule has 0 fully saturated rings. The number of unbranched alkanes of at least 4 members (excludes halogenated alkanes) is 9. The Labute approximate surface area is 137 Å². The van der Waals surface area contributed by atoms with Crippen molar-refractivity contribution in [2.45, 2.75) is 84.3 Å². The summed E-state index contributed by atoms with van der Waals surface area (Å²) in [5.74, 6) is 0. The van der Waals surface area contributed by atoms with Crippen LogP contribution in [0.25, 0.3) is 0 Å². The van der Waals surface area contributed by atoms with Crippen molar-refractivity contribution in [2.75, 3.05) is 33.0 Å². The van der Waals surface area contributed by atoms with Crippen molar-refractivity contribution in [1.82, 2.24) is 0 Å². The maximum Gasteiger partial charge on any atom is 0.155 e. The highest BCUT2D eigenvalue weighted by Crippen LogP contribution is 2.10. The molecule has 1 N–H and O–H groups in total. The van der Waals surface area contributed by atoms with Crippen molar-refractivity contribution < 1.29 is 19.3 Å². The molecule has 0 aromatic carbocycles. The molecule has 22 heavy (non-hydrogen) atoms. The number of ether oxygens (including phenoxy) is 3. The summed E-state index contributed by atoms with van der Waals surface area (Å²) >= 11 is 0. The Morgan fingerprint density at radius 3 is 1.82 bits per heavy atom. The first kappa shape index (κ1) is 21.8. The van der Waals surface area contributed by atoms with Gasteiger partial charge in [-0.15, -0.1) is 0 Å². The second-order valence-electron chi connectivity index (χ2n) is 5.83. The van der Waals surface area contributed by atoms with Crippen LogP contribution in [0.3, 0.4) is 0 Å². The fourth-order valence-electron chi connectivity index (χ4n) is 2.33. The van der Waals surface area contributed by atoms with Gasteiger partial charge in [-0.05, 0) is 13.3 Å². The highest BCUT2D eigenvalue weighted by atomic mass is 16.7. The molecule has 4 nitrogen and oxygen atoms in total. The van der Waals surface area contributed by atoms with Gasteiger partial charge in [-0.1, -0.05) is 64.7 Å². The van der Waals surface area contributed by atoms with Crippen LogP contribution in [0.5, 0.6) is 0 Å². The summed E-state index contributed by atoms with van der Waals surface area (Å²) in [5, 5.41) is 8.60. The van der Waals surface area contributed by atoms with Gasteiger partial charge in [0.25, 0.3) is 0 Å². The summed E-state index contributed by atoms with van der Waals surface area (Å²) in [7, 11) is 0. The van der Waals surface area contributed by atoms with Gasteiger partial charge in [-0.25, -0.2) is 0 Å². The number of rotatable bonds is 18. The van der Waals surface area contributed by atoms with E-state index in [2.05, 4.69) is 6.92 Å². The molecular weight excluding hydrogens is 280 g/mol. The fourth-order valence-corrected chi connectivity index (χ4v) is 2.33. The van der Waals surface area contributed by atoms with E-state index in [4.69, 9.17) is 19.3 Å². The van der Waals surface area contributed by atoms with Gasteiger partial charge in [0, 0.05) is 6.61 Å². The van der Waals surface area contributed by atoms with Gasteiger partial charge in [0.2, 0.25) is 0 Å². The van der Waals surface area contributed by atoms with E-state index in [1.807, 2.05) is 6.92 Å². The van der Waals surface area contributed by atoms with Crippen molar-refractivity contribution in [3.63, 3.8) is 0 Å². The van der Waals surface area contributed by atoms with Crippen LogP contribution in [0.2, 0.25) is 0 Å². The maximum absolute atomic E-state index is 8.60. The van der Waals surface area contributed by atoms with Gasteiger partial charge < -0.3 is 19.3 Å². The lowest BCUT2D eigenvalue weighted by atomic mass is 10.1. The standard InChI is InChI=1S/C18H38O4/c1-3-4-5-6-7-8-9-10-11-12-14-20-16-17-22-18(2)21-15-13-19/h18-19H,3-17H2,1-2H3. The molecule has 0 spiro atoms. The average Bonchev–Trinajstić information content (AvgIpc) is 2.53. The van der Waals surface area contributed by atoms with E-state index in [9.17, 15) is 0 Å². The lowest BCUT2D eigenvalue weighted by Crippen LogP contribution is -2.18. The predicted molar refractivity (Wildman–Crippen MR) is 91.1 cm³/mol. The first-order chi connectivity index (χ1) is 10.8. The number of aliphatic hydroxyl groups is 1. The quantitative estimate of drug-likeness (QED) is 0.302. The van der Waals surface area contributed by atoms with Gasteiger partial charge in [0.1, 0.15) is 0 Å². The SMILES string of the molecule is CCCCCCCCCCCCOCCOC(C)OCCO. The zero-order chi connectivity index (χ0) is 16.3. The zero-order valence-electron chi connectivity index (χ0n) is 14.9. The topological polar surface area (TPSA) is 47.9 Å². The molecule has 0 bridgehead atoms. The third-order valence-electron chi connectivity index (χ3n) is 3.67. The minimum absolute atomic E-state index is 0.0307. The first-order valence-electron chi connectivity index (χ1n) is 9.23. The number of hydrogen-bond acceptors (Lipinski definition) is 4. The average molecular weight is 318 g/mol. The Bertz CT molecular complexity index is 200. The minimum atomic E-state index is -0.270. The molecule has 0 heterocycles. The van der Waals surface area contributed by atoms with E-state index < -0.39 is 0 Å². The summed E-state index contributed by atoms with van der Waals surface area (Å²) < 4.78 is 16.1. The van der Waals surface area contributed by atoms with Crippen LogP contribution in [0, 0.1) is 0 Å². The molecule has 0 aliphatic carbocycles. The summed E-state index contributed by atoms with van der Waals surface area (Å²) in [6.07, 6.45) is 13.2. The Morgan fingerprint density at radius 1 is 0.682 bits per heavy atom. The molecule has 0 saturated heterocycles. The molecule has 1 atom stereocenters. The molecule has 4 heteroatoms. The van der Waals surface area contributed by atoms with Crippen LogP contribution in [-0.4, -0.2) is 44.4 Å². The summed E-state index contributed by atoms with van der Waals surface area (Å²) in [6, 6.07) is 0. The lowest BCUT2D eigenvalue weighted by molar-refractivity contribution is -0.144. The molecule has 0 amide bonds. The van der Waals surface area contributed by atoms with Gasteiger partial charge in [-0.3, -0.25) is 0 Å². The highest BCUT2D eigenvalue weighted by Gasteiger charge is 2.00. The van der Waals surface area contributed by atoms with E-state index in [0.717, 1.165) is 13.0 Å². The van der Waals surface area contributed by atoms with Crippen LogP contribution in [-0.2, 0) is 14.2 Å². The van der Waals surface area contributed by atoms with Crippen molar-refractivity contribution >= 4 is 0 Å². The van der Waals surface area contributed by atoms with Crippen molar-refractivity contribution in [2.24, 2.45) is 0 Å². The monoisotopic (exact) mass is 318 g/mol. The van der Waals surface area contributed by atoms with Crippen LogP contribution in [0.1, 0.15) is 78.1 Å². The van der Waals surface area contributed by atoms with Crippen LogP contribution in [0.15, 0.2) is 0 Å². The van der Waals surface area contributed by atoms with Crippen LogP contribution < -0.4 is 0 Å². The Hall–Kier alpha value is -0.160. The van der Waals surface area contributed by atoms with E-state index in [0.29, 0.717) is 19.8 Å². The third kappa shape index (κ3) is 17.9. The van der Waals surface area contributed by atoms with Crippen molar-refractivity contribution in [3.8, 4) is 0 Å². The minimum Gasteiger partial charge on any atom is -0.394 e. The molecule has 0 aromatic rings. The molecule has 1 unspecified atom stereocenters. The predicted octanol–water partition coefficient (Wildman–Crippen LogP) is 4.30. The largest absolute Gasteiger partial charge is 0.394 e. The van der Waals surface area contributed by atoms with Crippen LogP contribution >= 0.6 is 0 Å². The van der Waals surface area contributed by atoms with E-state index in [1.54, 1.807) is 0 Å². The van der Waals surface area contributed by atoms with E-state index >= 15 is 0 Å². The van der Waals surface area contributed by atoms with E-state index in [-0.39, 0.29) is 12.9 Å². The number of hydrogen-bond donors (Lipinski definition) is 1. The molecule has 0 saturated carbocycles. The first-order valence-corrected chi connectivity index (χ1v) is 9.23. The zero-order valence-corrected chi connectivity index (χ0v) is 14.9. The highest BCUT2D eigenvalue weighted by molar-refractivity contribution is 4.47. The molecular formula is C18H38O4. The Balaban J connectivity index is 3.02. The molecule has 0 aromatic heterocycles. The summed E-state index contributed by atoms with van der Waals surface area (Å²) in [6.45, 7) is 6.43. The lowest BCUT2D eigenvalue weighted by Gasteiger charge is -2.13. The maximum atomic E-state index is 8.60. The fraction of sp³-hybridized carbons (Fsp3) is 1.00. The van der Waals surface area contributed by atoms with Crippen LogP contribution in [0.4, 0.5) is 0 Å². The van der Waals surface area contributed by atoms with E-state index in [1.165, 1.54) is 57.8 Å². The second-order valence-corrected chi connectivity index (χ2v) is 5.83. The molecule has 0 aliphatic rings. The molecule has 134 valence electrons. The van der Waals surface area contributed by atoms with Crippen molar-refractivity contribution in [1.29, 1.82) is 0 Å². The normalized spacial score (nSPS) is 12.7. The van der Waals surface area contributed by atoms with Gasteiger partial charge in [0.15, 0.2) is 6.29 Å². The third-order valence-corrected chi connectivity index (χ3v) is 3.67. The smallest absolute Gasteiger partial charge is 0.155 e. The Kier molecular flexibility index (Phi) is 18.8. The second kappa shape index (κ2) is 18.9. The number of aliphatic hydroxyl groups excluding tert-OH is 1. The molecule has 0 radical (unpaired) electrons. The summed E-state index contributed by atoms with van der Waals surface area (Å²) in [4.78, 5) is 0. The van der Waals surface area contributed by atoms with Gasteiger partial charge >= 0.3 is 0 Å². The van der Waals surface area contributed by atoms with Gasteiger partial charge in [-0.2, -0.15) is 0 Å². The Morgan fingerprint density at radius 2 is 1.23 bits per heavy atom. The van der Waals surface area contributed by atoms with Gasteiger partial charge in [0.05, 0.1) is 26.4 Å². The molecule has 0 aliphatic heterocycles. The molecule has 0 rings (SSSR count).